The SMILES string of the molecule is COCCCCCNc1nc(C)cnc1C. The molecule has 1 aromatic heterocycles. The van der Waals surface area contributed by atoms with Crippen LogP contribution in [0.1, 0.15) is 30.7 Å². The zero-order chi connectivity index (χ0) is 11.8. The lowest BCUT2D eigenvalue weighted by Gasteiger charge is -2.08. The molecule has 1 aromatic rings. The Morgan fingerprint density at radius 2 is 2.06 bits per heavy atom. The summed E-state index contributed by atoms with van der Waals surface area (Å²) in [5.41, 5.74) is 1.91. The smallest absolute Gasteiger partial charge is 0.147 e. The van der Waals surface area contributed by atoms with E-state index in [2.05, 4.69) is 15.3 Å². The molecule has 1 heterocycles. The molecule has 0 aromatic carbocycles. The lowest BCUT2D eigenvalue weighted by molar-refractivity contribution is 0.192. The van der Waals surface area contributed by atoms with Crippen molar-refractivity contribution >= 4 is 5.82 Å². The minimum atomic E-state index is 0.850. The second kappa shape index (κ2) is 7.17. The minimum absolute atomic E-state index is 0.850. The number of aryl methyl sites for hydroxylation is 2. The van der Waals surface area contributed by atoms with Gasteiger partial charge in [0.05, 0.1) is 11.4 Å². The van der Waals surface area contributed by atoms with E-state index in [1.807, 2.05) is 13.8 Å². The molecule has 0 unspecified atom stereocenters. The Hall–Kier alpha value is -1.16. The van der Waals surface area contributed by atoms with Crippen LogP contribution in [0.5, 0.6) is 0 Å². The summed E-state index contributed by atoms with van der Waals surface area (Å²) in [6.45, 7) is 5.72. The molecule has 0 amide bonds. The van der Waals surface area contributed by atoms with E-state index in [0.29, 0.717) is 0 Å². The number of unbranched alkanes of at least 4 members (excludes halogenated alkanes) is 2. The summed E-state index contributed by atoms with van der Waals surface area (Å²) in [6.07, 6.45) is 5.23. The van der Waals surface area contributed by atoms with Gasteiger partial charge in [0.15, 0.2) is 0 Å². The molecule has 0 aliphatic rings. The van der Waals surface area contributed by atoms with Crippen molar-refractivity contribution in [3.05, 3.63) is 17.6 Å². The highest BCUT2D eigenvalue weighted by molar-refractivity contribution is 5.39. The van der Waals surface area contributed by atoms with Crippen LogP contribution < -0.4 is 5.32 Å². The molecule has 1 N–H and O–H groups in total. The molecule has 0 saturated carbocycles. The van der Waals surface area contributed by atoms with Crippen molar-refractivity contribution < 1.29 is 4.74 Å². The number of aromatic nitrogens is 2. The number of ether oxygens (including phenoxy) is 1. The second-order valence-electron chi connectivity index (χ2n) is 3.93. The van der Waals surface area contributed by atoms with Gasteiger partial charge in [-0.1, -0.05) is 0 Å². The van der Waals surface area contributed by atoms with Gasteiger partial charge >= 0.3 is 0 Å². The molecule has 4 heteroatoms. The molecule has 0 aliphatic carbocycles. The van der Waals surface area contributed by atoms with Crippen LogP contribution in [0.15, 0.2) is 6.20 Å². The Balaban J connectivity index is 2.23. The Morgan fingerprint density at radius 1 is 1.25 bits per heavy atom. The molecule has 0 bridgehead atoms. The van der Waals surface area contributed by atoms with E-state index < -0.39 is 0 Å². The topological polar surface area (TPSA) is 47.0 Å². The Bertz CT molecular complexity index is 315. The van der Waals surface area contributed by atoms with Gasteiger partial charge in [0.25, 0.3) is 0 Å². The fraction of sp³-hybridized carbons (Fsp3) is 0.667. The summed E-state index contributed by atoms with van der Waals surface area (Å²) in [5, 5.41) is 3.32. The van der Waals surface area contributed by atoms with Gasteiger partial charge in [0.2, 0.25) is 0 Å². The van der Waals surface area contributed by atoms with E-state index in [0.717, 1.165) is 43.2 Å². The van der Waals surface area contributed by atoms with Gasteiger partial charge in [-0.05, 0) is 33.1 Å². The van der Waals surface area contributed by atoms with Crippen LogP contribution in [0.4, 0.5) is 5.82 Å². The van der Waals surface area contributed by atoms with E-state index in [1.165, 1.54) is 6.42 Å². The first-order chi connectivity index (χ1) is 7.74. The summed E-state index contributed by atoms with van der Waals surface area (Å²) in [7, 11) is 1.74. The predicted molar refractivity (Wildman–Crippen MR) is 65.7 cm³/mol. The zero-order valence-electron chi connectivity index (χ0n) is 10.4. The number of hydrogen-bond acceptors (Lipinski definition) is 4. The third kappa shape index (κ3) is 4.57. The average Bonchev–Trinajstić information content (AvgIpc) is 2.28. The van der Waals surface area contributed by atoms with Crippen LogP contribution >= 0.6 is 0 Å². The lowest BCUT2D eigenvalue weighted by Crippen LogP contribution is -2.07. The van der Waals surface area contributed by atoms with Crippen LogP contribution in [-0.2, 0) is 4.74 Å². The van der Waals surface area contributed by atoms with E-state index in [9.17, 15) is 0 Å². The summed E-state index contributed by atoms with van der Waals surface area (Å²) >= 11 is 0. The standard InChI is InChI=1S/C12H21N3O/c1-10-9-14-11(2)12(15-10)13-7-5-4-6-8-16-3/h9H,4-8H2,1-3H3,(H,13,15). The third-order valence-electron chi connectivity index (χ3n) is 2.39. The number of rotatable bonds is 7. The molecular weight excluding hydrogens is 202 g/mol. The van der Waals surface area contributed by atoms with Crippen LogP contribution in [0, 0.1) is 13.8 Å². The Kier molecular flexibility index (Phi) is 5.78. The number of nitrogens with zero attached hydrogens (tertiary/aromatic N) is 2. The second-order valence-corrected chi connectivity index (χ2v) is 3.93. The molecule has 0 radical (unpaired) electrons. The maximum atomic E-state index is 5.00. The van der Waals surface area contributed by atoms with Gasteiger partial charge < -0.3 is 10.1 Å². The average molecular weight is 223 g/mol. The summed E-state index contributed by atoms with van der Waals surface area (Å²) in [4.78, 5) is 8.67. The monoisotopic (exact) mass is 223 g/mol. The van der Waals surface area contributed by atoms with Crippen molar-refractivity contribution in [1.82, 2.24) is 9.97 Å². The maximum Gasteiger partial charge on any atom is 0.147 e. The van der Waals surface area contributed by atoms with E-state index in [4.69, 9.17) is 4.74 Å². The number of anilines is 1. The molecule has 0 atom stereocenters. The van der Waals surface area contributed by atoms with Crippen molar-refractivity contribution in [3.8, 4) is 0 Å². The van der Waals surface area contributed by atoms with Gasteiger partial charge in [-0.15, -0.1) is 0 Å². The summed E-state index contributed by atoms with van der Waals surface area (Å²) in [5.74, 6) is 0.909. The van der Waals surface area contributed by atoms with E-state index in [-0.39, 0.29) is 0 Å². The van der Waals surface area contributed by atoms with Crippen molar-refractivity contribution in [1.29, 1.82) is 0 Å². The normalized spacial score (nSPS) is 10.4. The largest absolute Gasteiger partial charge is 0.385 e. The fourth-order valence-corrected chi connectivity index (χ4v) is 1.46. The Morgan fingerprint density at radius 3 is 2.81 bits per heavy atom. The van der Waals surface area contributed by atoms with Crippen LogP contribution in [0.3, 0.4) is 0 Å². The number of methoxy groups -OCH3 is 1. The quantitative estimate of drug-likeness (QED) is 0.721. The highest BCUT2D eigenvalue weighted by Crippen LogP contribution is 2.08. The molecule has 4 nitrogen and oxygen atoms in total. The fourth-order valence-electron chi connectivity index (χ4n) is 1.46. The van der Waals surface area contributed by atoms with Gasteiger partial charge in [-0.2, -0.15) is 0 Å². The van der Waals surface area contributed by atoms with E-state index >= 15 is 0 Å². The van der Waals surface area contributed by atoms with Crippen molar-refractivity contribution in [2.45, 2.75) is 33.1 Å². The third-order valence-corrected chi connectivity index (χ3v) is 2.39. The molecule has 1 rings (SSSR count). The van der Waals surface area contributed by atoms with Crippen LogP contribution in [-0.4, -0.2) is 30.2 Å². The molecule has 16 heavy (non-hydrogen) atoms. The molecule has 0 saturated heterocycles. The van der Waals surface area contributed by atoms with Gasteiger partial charge in [-0.25, -0.2) is 4.98 Å². The zero-order valence-corrected chi connectivity index (χ0v) is 10.4. The molecule has 0 spiro atoms. The van der Waals surface area contributed by atoms with Crippen LogP contribution in [0.2, 0.25) is 0 Å². The van der Waals surface area contributed by atoms with Gasteiger partial charge in [0, 0.05) is 26.5 Å². The predicted octanol–water partition coefficient (Wildman–Crippen LogP) is 2.32. The molecule has 0 aliphatic heterocycles. The van der Waals surface area contributed by atoms with Gasteiger partial charge in [0.1, 0.15) is 5.82 Å². The molecule has 0 fully saturated rings. The first-order valence-electron chi connectivity index (χ1n) is 5.77. The van der Waals surface area contributed by atoms with Gasteiger partial charge in [-0.3, -0.25) is 4.98 Å². The summed E-state index contributed by atoms with van der Waals surface area (Å²) < 4.78 is 5.00. The molecule has 90 valence electrons. The van der Waals surface area contributed by atoms with Crippen molar-refractivity contribution in [2.75, 3.05) is 25.6 Å². The number of hydrogen-bond donors (Lipinski definition) is 1. The highest BCUT2D eigenvalue weighted by atomic mass is 16.5. The highest BCUT2D eigenvalue weighted by Gasteiger charge is 2.00. The van der Waals surface area contributed by atoms with Crippen molar-refractivity contribution in [2.24, 2.45) is 0 Å². The Labute approximate surface area is 97.5 Å². The lowest BCUT2D eigenvalue weighted by atomic mass is 10.2. The minimum Gasteiger partial charge on any atom is -0.385 e. The van der Waals surface area contributed by atoms with Crippen LogP contribution in [0.25, 0.3) is 0 Å². The first kappa shape index (κ1) is 12.9. The van der Waals surface area contributed by atoms with E-state index in [1.54, 1.807) is 13.3 Å². The number of nitrogens with one attached hydrogen (secondary N) is 1. The summed E-state index contributed by atoms with van der Waals surface area (Å²) in [6, 6.07) is 0. The first-order valence-corrected chi connectivity index (χ1v) is 5.77. The molecular formula is C12H21N3O. The maximum absolute atomic E-state index is 5.00. The van der Waals surface area contributed by atoms with Crippen molar-refractivity contribution in [3.63, 3.8) is 0 Å².